The van der Waals surface area contributed by atoms with Crippen molar-refractivity contribution in [3.05, 3.63) is 30.0 Å². The van der Waals surface area contributed by atoms with Gasteiger partial charge in [0, 0.05) is 11.6 Å². The molecular weight excluding hydrogens is 186 g/mol. The van der Waals surface area contributed by atoms with Gasteiger partial charge < -0.3 is 5.11 Å². The zero-order valence-electron chi connectivity index (χ0n) is 6.73. The van der Waals surface area contributed by atoms with Crippen LogP contribution in [0.4, 0.5) is 0 Å². The number of carbonyl (C=O) groups is 1. The summed E-state index contributed by atoms with van der Waals surface area (Å²) in [5.74, 6) is -0.805. The van der Waals surface area contributed by atoms with E-state index in [1.165, 1.54) is 11.5 Å². The minimum Gasteiger partial charge on any atom is -0.481 e. The molecule has 1 heterocycles. The van der Waals surface area contributed by atoms with Crippen LogP contribution in [0.15, 0.2) is 24.4 Å². The van der Waals surface area contributed by atoms with E-state index >= 15 is 0 Å². The number of fused-ring (bicyclic) bond motifs is 1. The zero-order valence-corrected chi connectivity index (χ0v) is 7.54. The lowest BCUT2D eigenvalue weighted by Gasteiger charge is -1.96. The molecule has 0 radical (unpaired) electrons. The molecule has 1 N–H and O–H groups in total. The number of carboxylic acid groups (broad SMARTS) is 1. The van der Waals surface area contributed by atoms with Gasteiger partial charge in [-0.1, -0.05) is 18.2 Å². The first-order valence-electron chi connectivity index (χ1n) is 3.81. The second kappa shape index (κ2) is 3.14. The second-order valence-electron chi connectivity index (χ2n) is 2.73. The highest BCUT2D eigenvalue weighted by Gasteiger charge is 2.06. The van der Waals surface area contributed by atoms with Crippen molar-refractivity contribution in [1.82, 2.24) is 4.37 Å². The van der Waals surface area contributed by atoms with Crippen molar-refractivity contribution in [1.29, 1.82) is 0 Å². The predicted molar refractivity (Wildman–Crippen MR) is 51.0 cm³/mol. The molecule has 0 aliphatic carbocycles. The Labute approximate surface area is 78.8 Å². The zero-order chi connectivity index (χ0) is 9.26. The van der Waals surface area contributed by atoms with E-state index in [2.05, 4.69) is 4.37 Å². The van der Waals surface area contributed by atoms with E-state index in [9.17, 15) is 4.79 Å². The minimum absolute atomic E-state index is 0.0690. The highest BCUT2D eigenvalue weighted by molar-refractivity contribution is 7.13. The van der Waals surface area contributed by atoms with Gasteiger partial charge in [-0.3, -0.25) is 4.79 Å². The van der Waals surface area contributed by atoms with Crippen LogP contribution in [0.3, 0.4) is 0 Å². The van der Waals surface area contributed by atoms with Gasteiger partial charge in [0.1, 0.15) is 0 Å². The summed E-state index contributed by atoms with van der Waals surface area (Å²) in [5.41, 5.74) is 0.840. The average molecular weight is 193 g/mol. The first kappa shape index (κ1) is 8.19. The molecule has 0 aliphatic rings. The van der Waals surface area contributed by atoms with Gasteiger partial charge in [0.05, 0.1) is 11.1 Å². The van der Waals surface area contributed by atoms with Crippen molar-refractivity contribution in [3.8, 4) is 0 Å². The maximum absolute atomic E-state index is 10.5. The molecular formula is C9H7NO2S. The molecule has 1 aromatic heterocycles. The molecule has 0 atom stereocenters. The summed E-state index contributed by atoms with van der Waals surface area (Å²) in [7, 11) is 0. The van der Waals surface area contributed by atoms with Gasteiger partial charge in [-0.05, 0) is 17.1 Å². The molecule has 0 aliphatic heterocycles. The second-order valence-corrected chi connectivity index (χ2v) is 3.53. The summed E-state index contributed by atoms with van der Waals surface area (Å²) in [6.45, 7) is 0. The number of benzene rings is 1. The lowest BCUT2D eigenvalue weighted by atomic mass is 10.1. The number of aliphatic carboxylic acids is 1. The van der Waals surface area contributed by atoms with Crippen molar-refractivity contribution >= 4 is 27.6 Å². The Hall–Kier alpha value is -1.42. The Morgan fingerprint density at radius 3 is 3.15 bits per heavy atom. The highest BCUT2D eigenvalue weighted by atomic mass is 32.1. The van der Waals surface area contributed by atoms with Crippen molar-refractivity contribution in [2.75, 3.05) is 0 Å². The van der Waals surface area contributed by atoms with E-state index in [-0.39, 0.29) is 6.42 Å². The van der Waals surface area contributed by atoms with Crippen molar-refractivity contribution < 1.29 is 9.90 Å². The van der Waals surface area contributed by atoms with Crippen LogP contribution in [-0.4, -0.2) is 15.4 Å². The summed E-state index contributed by atoms with van der Waals surface area (Å²) in [4.78, 5) is 10.5. The van der Waals surface area contributed by atoms with Crippen LogP contribution in [0.1, 0.15) is 5.56 Å². The summed E-state index contributed by atoms with van der Waals surface area (Å²) in [5, 5.41) is 9.67. The van der Waals surface area contributed by atoms with Crippen LogP contribution in [-0.2, 0) is 11.2 Å². The van der Waals surface area contributed by atoms with Gasteiger partial charge in [0.15, 0.2) is 0 Å². The molecule has 1 aromatic carbocycles. The topological polar surface area (TPSA) is 50.2 Å². The maximum Gasteiger partial charge on any atom is 0.307 e. The van der Waals surface area contributed by atoms with E-state index in [1.54, 1.807) is 6.20 Å². The van der Waals surface area contributed by atoms with E-state index in [0.717, 1.165) is 15.6 Å². The van der Waals surface area contributed by atoms with Gasteiger partial charge >= 0.3 is 5.97 Å². The third-order valence-electron chi connectivity index (χ3n) is 1.80. The molecule has 4 heteroatoms. The Morgan fingerprint density at radius 2 is 2.38 bits per heavy atom. The average Bonchev–Trinajstić information content (AvgIpc) is 2.51. The van der Waals surface area contributed by atoms with Gasteiger partial charge in [-0.25, -0.2) is 0 Å². The largest absolute Gasteiger partial charge is 0.481 e. The molecule has 0 bridgehead atoms. The maximum atomic E-state index is 10.5. The van der Waals surface area contributed by atoms with Crippen LogP contribution < -0.4 is 0 Å². The first-order chi connectivity index (χ1) is 6.27. The summed E-state index contributed by atoms with van der Waals surface area (Å²) in [6, 6.07) is 5.62. The number of aromatic nitrogens is 1. The molecule has 2 aromatic rings. The number of nitrogens with zero attached hydrogens (tertiary/aromatic N) is 1. The summed E-state index contributed by atoms with van der Waals surface area (Å²) >= 11 is 1.34. The lowest BCUT2D eigenvalue weighted by Crippen LogP contribution is -1.99. The molecule has 3 nitrogen and oxygen atoms in total. The fraction of sp³-hybridized carbons (Fsp3) is 0.111. The van der Waals surface area contributed by atoms with Crippen LogP contribution >= 0.6 is 11.5 Å². The van der Waals surface area contributed by atoms with Crippen molar-refractivity contribution in [2.24, 2.45) is 0 Å². The fourth-order valence-corrected chi connectivity index (χ4v) is 2.01. The van der Waals surface area contributed by atoms with E-state index < -0.39 is 5.97 Å². The van der Waals surface area contributed by atoms with E-state index in [1.807, 2.05) is 18.2 Å². The van der Waals surface area contributed by atoms with Gasteiger partial charge in [-0.2, -0.15) is 4.37 Å². The Balaban J connectivity index is 2.54. The minimum atomic E-state index is -0.805. The van der Waals surface area contributed by atoms with Crippen LogP contribution in [0, 0.1) is 0 Å². The molecule has 66 valence electrons. The number of hydrogen-bond donors (Lipinski definition) is 1. The third kappa shape index (κ3) is 1.53. The standard InChI is InChI=1S/C9H7NO2S/c11-8(12)4-6-2-1-3-7-5-10-13-9(6)7/h1-3,5H,4H2,(H,11,12). The number of hydrogen-bond acceptors (Lipinski definition) is 3. The predicted octanol–water partition coefficient (Wildman–Crippen LogP) is 1.92. The van der Waals surface area contributed by atoms with E-state index in [0.29, 0.717) is 0 Å². The fourth-order valence-electron chi connectivity index (χ4n) is 1.26. The molecule has 13 heavy (non-hydrogen) atoms. The highest BCUT2D eigenvalue weighted by Crippen LogP contribution is 2.22. The van der Waals surface area contributed by atoms with Crippen molar-refractivity contribution in [3.63, 3.8) is 0 Å². The molecule has 0 fully saturated rings. The van der Waals surface area contributed by atoms with E-state index in [4.69, 9.17) is 5.11 Å². The first-order valence-corrected chi connectivity index (χ1v) is 4.59. The normalized spacial score (nSPS) is 10.5. The quantitative estimate of drug-likeness (QED) is 0.792. The van der Waals surface area contributed by atoms with Crippen LogP contribution in [0.2, 0.25) is 0 Å². The summed E-state index contributed by atoms with van der Waals surface area (Å²) < 4.78 is 4.99. The third-order valence-corrected chi connectivity index (χ3v) is 2.70. The number of carboxylic acids is 1. The molecule has 2 rings (SSSR count). The molecule has 0 spiro atoms. The van der Waals surface area contributed by atoms with Gasteiger partial charge in [0.2, 0.25) is 0 Å². The Kier molecular flexibility index (Phi) is 1.98. The number of rotatable bonds is 2. The van der Waals surface area contributed by atoms with Gasteiger partial charge in [-0.15, -0.1) is 0 Å². The summed E-state index contributed by atoms with van der Waals surface area (Å²) in [6.07, 6.45) is 1.82. The smallest absolute Gasteiger partial charge is 0.307 e. The van der Waals surface area contributed by atoms with Gasteiger partial charge in [0.25, 0.3) is 0 Å². The monoisotopic (exact) mass is 193 g/mol. The Morgan fingerprint density at radius 1 is 1.54 bits per heavy atom. The van der Waals surface area contributed by atoms with Crippen LogP contribution in [0.25, 0.3) is 10.1 Å². The van der Waals surface area contributed by atoms with Crippen molar-refractivity contribution in [2.45, 2.75) is 6.42 Å². The Bertz CT molecular complexity index is 450. The van der Waals surface area contributed by atoms with Crippen LogP contribution in [0.5, 0.6) is 0 Å². The molecule has 0 saturated heterocycles. The SMILES string of the molecule is O=C(O)Cc1cccc2cnsc12. The molecule has 0 amide bonds. The molecule has 0 saturated carbocycles. The molecule has 0 unspecified atom stereocenters. The lowest BCUT2D eigenvalue weighted by molar-refractivity contribution is -0.136.